The van der Waals surface area contributed by atoms with E-state index in [2.05, 4.69) is 10.2 Å². The highest BCUT2D eigenvalue weighted by Gasteiger charge is 2.12. The Bertz CT molecular complexity index is 428. The molecule has 0 aliphatic carbocycles. The first-order chi connectivity index (χ1) is 9.74. The molecule has 1 aromatic carbocycles. The lowest BCUT2D eigenvalue weighted by Gasteiger charge is -2.18. The van der Waals surface area contributed by atoms with Crippen LogP contribution in [-0.4, -0.2) is 37.0 Å². The largest absolute Gasteiger partial charge is 0.355 e. The van der Waals surface area contributed by atoms with Gasteiger partial charge in [-0.15, -0.1) is 0 Å². The average molecular weight is 295 g/mol. The van der Waals surface area contributed by atoms with Crippen LogP contribution in [0, 0.1) is 0 Å². The fourth-order valence-corrected chi connectivity index (χ4v) is 2.80. The van der Waals surface area contributed by atoms with E-state index in [0.717, 1.165) is 30.1 Å². The number of nitrogens with zero attached hydrogens (tertiary/aromatic N) is 1. The van der Waals surface area contributed by atoms with Crippen LogP contribution >= 0.6 is 11.6 Å². The van der Waals surface area contributed by atoms with Crippen molar-refractivity contribution in [3.8, 4) is 0 Å². The molecule has 0 saturated carbocycles. The van der Waals surface area contributed by atoms with Crippen molar-refractivity contribution in [3.63, 3.8) is 0 Å². The molecular weight excluding hydrogens is 272 g/mol. The van der Waals surface area contributed by atoms with Gasteiger partial charge in [0.2, 0.25) is 5.91 Å². The molecule has 110 valence electrons. The van der Waals surface area contributed by atoms with Crippen LogP contribution < -0.4 is 5.32 Å². The quantitative estimate of drug-likeness (QED) is 0.906. The first-order valence-corrected chi connectivity index (χ1v) is 7.85. The first-order valence-electron chi connectivity index (χ1n) is 7.47. The van der Waals surface area contributed by atoms with Crippen LogP contribution in [0.3, 0.4) is 0 Å². The van der Waals surface area contributed by atoms with Crippen molar-refractivity contribution >= 4 is 17.5 Å². The molecule has 0 radical (unpaired) electrons. The number of benzene rings is 1. The zero-order chi connectivity index (χ0) is 14.2. The Morgan fingerprint density at radius 2 is 1.95 bits per heavy atom. The SMILES string of the molecule is O=C(CN1CCCCCC1)NCCc1cccc(Cl)c1. The minimum Gasteiger partial charge on any atom is -0.355 e. The second-order valence-corrected chi connectivity index (χ2v) is 5.86. The van der Waals surface area contributed by atoms with Crippen molar-refractivity contribution in [1.82, 2.24) is 10.2 Å². The molecule has 0 atom stereocenters. The summed E-state index contributed by atoms with van der Waals surface area (Å²) in [7, 11) is 0. The molecule has 0 bridgehead atoms. The van der Waals surface area contributed by atoms with Gasteiger partial charge in [0.05, 0.1) is 6.54 Å². The number of hydrogen-bond donors (Lipinski definition) is 1. The van der Waals surface area contributed by atoms with Crippen molar-refractivity contribution in [1.29, 1.82) is 0 Å². The maximum absolute atomic E-state index is 11.9. The van der Waals surface area contributed by atoms with Crippen LogP contribution in [0.4, 0.5) is 0 Å². The Kier molecular flexibility index (Phi) is 6.34. The monoisotopic (exact) mass is 294 g/mol. The summed E-state index contributed by atoms with van der Waals surface area (Å²) < 4.78 is 0. The third-order valence-electron chi connectivity index (χ3n) is 3.69. The van der Waals surface area contributed by atoms with Gasteiger partial charge in [-0.05, 0) is 50.0 Å². The van der Waals surface area contributed by atoms with Crippen LogP contribution in [0.15, 0.2) is 24.3 Å². The second-order valence-electron chi connectivity index (χ2n) is 5.42. The molecule has 1 heterocycles. The molecule has 1 N–H and O–H groups in total. The van der Waals surface area contributed by atoms with E-state index in [1.807, 2.05) is 24.3 Å². The maximum Gasteiger partial charge on any atom is 0.234 e. The standard InChI is InChI=1S/C16H23ClN2O/c17-15-7-5-6-14(12-15)8-9-18-16(20)13-19-10-3-1-2-4-11-19/h5-7,12H,1-4,8-11,13H2,(H,18,20). The van der Waals surface area contributed by atoms with Gasteiger partial charge in [-0.3, -0.25) is 9.69 Å². The third kappa shape index (κ3) is 5.51. The highest BCUT2D eigenvalue weighted by atomic mass is 35.5. The Labute approximate surface area is 126 Å². The van der Waals surface area contributed by atoms with E-state index in [9.17, 15) is 4.79 Å². The molecule has 0 spiro atoms. The van der Waals surface area contributed by atoms with Gasteiger partial charge in [-0.2, -0.15) is 0 Å². The first kappa shape index (κ1) is 15.3. The highest BCUT2D eigenvalue weighted by Crippen LogP contribution is 2.11. The maximum atomic E-state index is 11.9. The Morgan fingerprint density at radius 3 is 2.65 bits per heavy atom. The number of nitrogens with one attached hydrogen (secondary N) is 1. The molecule has 0 unspecified atom stereocenters. The summed E-state index contributed by atoms with van der Waals surface area (Å²) >= 11 is 5.94. The van der Waals surface area contributed by atoms with Gasteiger partial charge in [0.25, 0.3) is 0 Å². The molecule has 1 amide bonds. The summed E-state index contributed by atoms with van der Waals surface area (Å²) in [4.78, 5) is 14.2. The number of rotatable bonds is 5. The fraction of sp³-hybridized carbons (Fsp3) is 0.562. The molecule has 1 fully saturated rings. The molecule has 4 heteroatoms. The summed E-state index contributed by atoms with van der Waals surface area (Å²) in [5.41, 5.74) is 1.16. The fourth-order valence-electron chi connectivity index (χ4n) is 2.59. The van der Waals surface area contributed by atoms with E-state index in [-0.39, 0.29) is 5.91 Å². The van der Waals surface area contributed by atoms with E-state index in [1.165, 1.54) is 25.7 Å². The molecule has 1 aliphatic rings. The number of halogens is 1. The third-order valence-corrected chi connectivity index (χ3v) is 3.93. The van der Waals surface area contributed by atoms with Crippen molar-refractivity contribution in [2.24, 2.45) is 0 Å². The van der Waals surface area contributed by atoms with E-state index in [4.69, 9.17) is 11.6 Å². The predicted molar refractivity (Wildman–Crippen MR) is 83.1 cm³/mol. The molecule has 0 aromatic heterocycles. The number of amides is 1. The summed E-state index contributed by atoms with van der Waals surface area (Å²) in [5.74, 6) is 0.133. The van der Waals surface area contributed by atoms with Crippen LogP contribution in [0.5, 0.6) is 0 Å². The lowest BCUT2D eigenvalue weighted by molar-refractivity contribution is -0.122. The van der Waals surface area contributed by atoms with Gasteiger partial charge in [0, 0.05) is 11.6 Å². The van der Waals surface area contributed by atoms with Gasteiger partial charge in [-0.25, -0.2) is 0 Å². The van der Waals surface area contributed by atoms with Gasteiger partial charge in [-0.1, -0.05) is 36.6 Å². The Balaban J connectivity index is 1.67. The summed E-state index contributed by atoms with van der Waals surface area (Å²) in [5, 5.41) is 3.74. The average Bonchev–Trinajstić information content (AvgIpc) is 2.67. The van der Waals surface area contributed by atoms with Crippen LogP contribution in [-0.2, 0) is 11.2 Å². The van der Waals surface area contributed by atoms with Crippen molar-refractivity contribution in [2.75, 3.05) is 26.2 Å². The Morgan fingerprint density at radius 1 is 1.20 bits per heavy atom. The molecular formula is C16H23ClN2O. The van der Waals surface area contributed by atoms with Crippen molar-refractivity contribution < 1.29 is 4.79 Å². The lowest BCUT2D eigenvalue weighted by atomic mass is 10.1. The number of carbonyl (C=O) groups is 1. The summed E-state index contributed by atoms with van der Waals surface area (Å²) in [6.07, 6.45) is 5.86. The van der Waals surface area contributed by atoms with Crippen LogP contribution in [0.2, 0.25) is 5.02 Å². The van der Waals surface area contributed by atoms with Gasteiger partial charge >= 0.3 is 0 Å². The van der Waals surface area contributed by atoms with E-state index < -0.39 is 0 Å². The smallest absolute Gasteiger partial charge is 0.234 e. The highest BCUT2D eigenvalue weighted by molar-refractivity contribution is 6.30. The molecule has 3 nitrogen and oxygen atoms in total. The van der Waals surface area contributed by atoms with Gasteiger partial charge < -0.3 is 5.32 Å². The Hall–Kier alpha value is -1.06. The zero-order valence-corrected chi connectivity index (χ0v) is 12.7. The number of likely N-dealkylation sites (tertiary alicyclic amines) is 1. The van der Waals surface area contributed by atoms with Crippen molar-refractivity contribution in [3.05, 3.63) is 34.9 Å². The minimum atomic E-state index is 0.133. The molecule has 1 saturated heterocycles. The minimum absolute atomic E-state index is 0.133. The van der Waals surface area contributed by atoms with Crippen LogP contribution in [0.25, 0.3) is 0 Å². The predicted octanol–water partition coefficient (Wildman–Crippen LogP) is 2.87. The molecule has 1 aliphatic heterocycles. The molecule has 2 rings (SSSR count). The number of carbonyl (C=O) groups excluding carboxylic acids is 1. The summed E-state index contributed by atoms with van der Waals surface area (Å²) in [6.45, 7) is 3.33. The molecule has 1 aromatic rings. The van der Waals surface area contributed by atoms with E-state index in [1.54, 1.807) is 0 Å². The zero-order valence-electron chi connectivity index (χ0n) is 11.9. The normalized spacial score (nSPS) is 16.6. The van der Waals surface area contributed by atoms with Crippen molar-refractivity contribution in [2.45, 2.75) is 32.1 Å². The van der Waals surface area contributed by atoms with Gasteiger partial charge in [0.1, 0.15) is 0 Å². The lowest BCUT2D eigenvalue weighted by Crippen LogP contribution is -2.38. The van der Waals surface area contributed by atoms with Gasteiger partial charge in [0.15, 0.2) is 0 Å². The summed E-state index contributed by atoms with van der Waals surface area (Å²) in [6, 6.07) is 7.79. The van der Waals surface area contributed by atoms with E-state index in [0.29, 0.717) is 13.1 Å². The topological polar surface area (TPSA) is 32.3 Å². The van der Waals surface area contributed by atoms with Crippen LogP contribution in [0.1, 0.15) is 31.2 Å². The second kappa shape index (κ2) is 8.28. The molecule has 20 heavy (non-hydrogen) atoms. The number of hydrogen-bond acceptors (Lipinski definition) is 2. The van der Waals surface area contributed by atoms with E-state index >= 15 is 0 Å².